The molecule has 1 rings (SSSR count). The van der Waals surface area contributed by atoms with Crippen LogP contribution in [0.1, 0.15) is 163 Å². The van der Waals surface area contributed by atoms with E-state index in [1.807, 2.05) is 0 Å². The molecule has 1 atom stereocenters. The molecule has 0 aliphatic carbocycles. The molecule has 1 unspecified atom stereocenters. The van der Waals surface area contributed by atoms with Crippen LogP contribution in [0.15, 0.2) is 24.3 Å². The van der Waals surface area contributed by atoms with Gasteiger partial charge in [0.05, 0.1) is 17.7 Å². The van der Waals surface area contributed by atoms with Gasteiger partial charge in [-0.2, -0.15) is 8.42 Å². The van der Waals surface area contributed by atoms with Crippen molar-refractivity contribution in [2.24, 2.45) is 0 Å². The normalized spacial score (nSPS) is 12.3. The topological polar surface area (TPSA) is 107 Å². The number of hydrogen-bond acceptors (Lipinski definition) is 6. The highest BCUT2D eigenvalue weighted by Gasteiger charge is 2.28. The highest BCUT2D eigenvalue weighted by atomic mass is 32.2. The Hall–Kier alpha value is -1.93. The van der Waals surface area contributed by atoms with Gasteiger partial charge in [-0.15, -0.1) is 0 Å². The van der Waals surface area contributed by atoms with Gasteiger partial charge in [0.2, 0.25) is 5.44 Å². The van der Waals surface area contributed by atoms with E-state index in [4.69, 9.17) is 9.47 Å². The molecule has 230 valence electrons. The standard InChI is InChI=1S/C32H54O7S/c1-3-5-6-7-8-9-10-11-12-13-14-15-16-17-18-19-20-21-24-27-38-31(33)28-25-22-23-26-29(28)32(34)39-30(4-2)40(35,36)37/h22-23,25-26,30H,3-21,24,27H2,1-2H3,(H,35,36,37). The molecule has 0 saturated carbocycles. The first kappa shape index (κ1) is 36.1. The van der Waals surface area contributed by atoms with Crippen molar-refractivity contribution in [2.45, 2.75) is 148 Å². The lowest BCUT2D eigenvalue weighted by molar-refractivity contribution is 0.0402. The van der Waals surface area contributed by atoms with Crippen molar-refractivity contribution < 1.29 is 32.0 Å². The van der Waals surface area contributed by atoms with Crippen molar-refractivity contribution in [1.82, 2.24) is 0 Å². The van der Waals surface area contributed by atoms with Gasteiger partial charge >= 0.3 is 22.1 Å². The number of rotatable bonds is 25. The van der Waals surface area contributed by atoms with Crippen molar-refractivity contribution in [3.8, 4) is 0 Å². The summed E-state index contributed by atoms with van der Waals surface area (Å²) in [4.78, 5) is 25.0. The minimum atomic E-state index is -4.55. The van der Waals surface area contributed by atoms with Gasteiger partial charge in [-0.05, 0) is 25.0 Å². The monoisotopic (exact) mass is 582 g/mol. The Balaban J connectivity index is 2.07. The molecular formula is C32H54O7S. The second-order valence-corrected chi connectivity index (χ2v) is 12.4. The molecule has 7 nitrogen and oxygen atoms in total. The quantitative estimate of drug-likeness (QED) is 0.0696. The number of ether oxygens (including phenoxy) is 2. The van der Waals surface area contributed by atoms with Crippen LogP contribution in [0.3, 0.4) is 0 Å². The number of unbranched alkanes of at least 4 members (excludes halogenated alkanes) is 18. The van der Waals surface area contributed by atoms with Crippen molar-refractivity contribution in [3.05, 3.63) is 35.4 Å². The van der Waals surface area contributed by atoms with Crippen LogP contribution in [0.5, 0.6) is 0 Å². The van der Waals surface area contributed by atoms with Crippen LogP contribution in [-0.4, -0.2) is 37.0 Å². The third-order valence-corrected chi connectivity index (χ3v) is 8.35. The van der Waals surface area contributed by atoms with E-state index in [0.29, 0.717) is 0 Å². The SMILES string of the molecule is CCCCCCCCCCCCCCCCCCCCCOC(=O)c1ccccc1C(=O)OC(CC)S(=O)(=O)O. The first-order valence-corrected chi connectivity index (χ1v) is 17.2. The summed E-state index contributed by atoms with van der Waals surface area (Å²) in [5.41, 5.74) is -1.77. The van der Waals surface area contributed by atoms with E-state index in [0.717, 1.165) is 19.3 Å². The fourth-order valence-electron chi connectivity index (χ4n) is 4.80. The Labute approximate surface area is 243 Å². The fraction of sp³-hybridized carbons (Fsp3) is 0.750. The Bertz CT molecular complexity index is 914. The Kier molecular flexibility index (Phi) is 20.5. The fourth-order valence-corrected chi connectivity index (χ4v) is 5.43. The highest BCUT2D eigenvalue weighted by molar-refractivity contribution is 7.86. The zero-order valence-corrected chi connectivity index (χ0v) is 25.9. The summed E-state index contributed by atoms with van der Waals surface area (Å²) < 4.78 is 42.1. The smallest absolute Gasteiger partial charge is 0.340 e. The maximum atomic E-state index is 12.5. The predicted octanol–water partition coefficient (Wildman–Crippen LogP) is 9.06. The third-order valence-electron chi connectivity index (χ3n) is 7.25. The minimum absolute atomic E-state index is 0.00972. The van der Waals surface area contributed by atoms with Crippen LogP contribution >= 0.6 is 0 Å². The summed E-state index contributed by atoms with van der Waals surface area (Å²) in [6.07, 6.45) is 24.4. The Morgan fingerprint density at radius 2 is 1.02 bits per heavy atom. The van der Waals surface area contributed by atoms with E-state index in [1.54, 1.807) is 12.1 Å². The molecule has 1 aromatic carbocycles. The molecule has 0 spiro atoms. The van der Waals surface area contributed by atoms with E-state index in [-0.39, 0.29) is 24.2 Å². The minimum Gasteiger partial charge on any atom is -0.462 e. The Morgan fingerprint density at radius 1 is 0.650 bits per heavy atom. The molecule has 8 heteroatoms. The number of benzene rings is 1. The molecule has 0 aliphatic heterocycles. The summed E-state index contributed by atoms with van der Waals surface area (Å²) in [7, 11) is -4.55. The van der Waals surface area contributed by atoms with Crippen LogP contribution in [-0.2, 0) is 19.6 Å². The number of carbonyl (C=O) groups excluding carboxylic acids is 2. The van der Waals surface area contributed by atoms with E-state index in [9.17, 15) is 22.6 Å². The Morgan fingerprint density at radius 3 is 1.40 bits per heavy atom. The van der Waals surface area contributed by atoms with Gasteiger partial charge < -0.3 is 9.47 Å². The van der Waals surface area contributed by atoms with E-state index < -0.39 is 27.5 Å². The molecule has 0 heterocycles. The first-order chi connectivity index (χ1) is 19.3. The van der Waals surface area contributed by atoms with Crippen molar-refractivity contribution in [3.63, 3.8) is 0 Å². The molecule has 40 heavy (non-hydrogen) atoms. The zero-order chi connectivity index (χ0) is 29.5. The van der Waals surface area contributed by atoms with E-state index >= 15 is 0 Å². The molecule has 0 bridgehead atoms. The van der Waals surface area contributed by atoms with Gasteiger partial charge in [-0.25, -0.2) is 9.59 Å². The van der Waals surface area contributed by atoms with Crippen LogP contribution in [0.4, 0.5) is 0 Å². The summed E-state index contributed by atoms with van der Waals surface area (Å²) >= 11 is 0. The molecule has 0 amide bonds. The highest BCUT2D eigenvalue weighted by Crippen LogP contribution is 2.17. The average Bonchev–Trinajstić information content (AvgIpc) is 2.94. The van der Waals surface area contributed by atoms with Crippen molar-refractivity contribution in [2.75, 3.05) is 6.61 Å². The van der Waals surface area contributed by atoms with E-state index in [2.05, 4.69) is 6.92 Å². The molecule has 0 radical (unpaired) electrons. The maximum Gasteiger partial charge on any atom is 0.340 e. The molecule has 0 fully saturated rings. The zero-order valence-electron chi connectivity index (χ0n) is 25.0. The molecule has 1 aromatic rings. The van der Waals surface area contributed by atoms with Gasteiger partial charge in [-0.1, -0.05) is 142 Å². The second-order valence-electron chi connectivity index (χ2n) is 10.8. The van der Waals surface area contributed by atoms with Gasteiger partial charge in [0.25, 0.3) is 0 Å². The lowest BCUT2D eigenvalue weighted by Gasteiger charge is -2.14. The summed E-state index contributed by atoms with van der Waals surface area (Å²) in [6.45, 7) is 3.99. The van der Waals surface area contributed by atoms with Crippen molar-refractivity contribution >= 4 is 22.1 Å². The molecule has 1 N–H and O–H groups in total. The van der Waals surface area contributed by atoms with Crippen molar-refractivity contribution in [1.29, 1.82) is 0 Å². The molecule has 0 aromatic heterocycles. The predicted molar refractivity (Wildman–Crippen MR) is 161 cm³/mol. The number of carbonyl (C=O) groups is 2. The summed E-state index contributed by atoms with van der Waals surface area (Å²) in [6, 6.07) is 5.93. The largest absolute Gasteiger partial charge is 0.462 e. The molecule has 0 saturated heterocycles. The van der Waals surface area contributed by atoms with Crippen LogP contribution in [0.2, 0.25) is 0 Å². The number of esters is 2. The summed E-state index contributed by atoms with van der Waals surface area (Å²) in [5.74, 6) is -1.66. The maximum absolute atomic E-state index is 12.5. The van der Waals surface area contributed by atoms with Gasteiger partial charge in [-0.3, -0.25) is 4.55 Å². The lowest BCUT2D eigenvalue weighted by Crippen LogP contribution is -2.27. The summed E-state index contributed by atoms with van der Waals surface area (Å²) in [5, 5.41) is 0. The number of hydrogen-bond donors (Lipinski definition) is 1. The van der Waals surface area contributed by atoms with Crippen LogP contribution in [0, 0.1) is 0 Å². The van der Waals surface area contributed by atoms with E-state index in [1.165, 1.54) is 122 Å². The molecular weight excluding hydrogens is 528 g/mol. The van der Waals surface area contributed by atoms with Crippen LogP contribution < -0.4 is 0 Å². The van der Waals surface area contributed by atoms with Gasteiger partial charge in [0.15, 0.2) is 0 Å². The second kappa shape index (κ2) is 22.7. The average molecular weight is 583 g/mol. The van der Waals surface area contributed by atoms with Gasteiger partial charge in [0.1, 0.15) is 0 Å². The van der Waals surface area contributed by atoms with Gasteiger partial charge in [0, 0.05) is 0 Å². The lowest BCUT2D eigenvalue weighted by atomic mass is 10.0. The third kappa shape index (κ3) is 17.0. The molecule has 0 aliphatic rings. The first-order valence-electron chi connectivity index (χ1n) is 15.7. The van der Waals surface area contributed by atoms with Crippen LogP contribution in [0.25, 0.3) is 0 Å².